The molecule has 0 saturated heterocycles. The molecule has 0 aromatic heterocycles. The Kier molecular flexibility index (Phi) is 3.75. The summed E-state index contributed by atoms with van der Waals surface area (Å²) in [6.45, 7) is 13.6. The zero-order valence-electron chi connectivity index (χ0n) is 8.65. The molecule has 0 spiro atoms. The van der Waals surface area contributed by atoms with E-state index in [4.69, 9.17) is 11.6 Å². The van der Waals surface area contributed by atoms with E-state index >= 15 is 0 Å². The molecule has 0 radical (unpaired) electrons. The van der Waals surface area contributed by atoms with Crippen molar-refractivity contribution >= 4 is 0 Å². The van der Waals surface area contributed by atoms with E-state index in [1.165, 1.54) is 0 Å². The quantitative estimate of drug-likeness (QED) is 0.350. The topological polar surface area (TPSA) is 64.1 Å². The Morgan fingerprint density at radius 1 is 1.38 bits per heavy atom. The molecule has 0 aromatic rings. The Balaban J connectivity index is 4.98. The SMILES string of the molecule is C=C/C(NN)=C(/N)C(=C)C(C)(C)C. The van der Waals surface area contributed by atoms with Crippen molar-refractivity contribution in [2.45, 2.75) is 20.8 Å². The van der Waals surface area contributed by atoms with Crippen LogP contribution in [0.4, 0.5) is 0 Å². The maximum absolute atomic E-state index is 5.83. The summed E-state index contributed by atoms with van der Waals surface area (Å²) in [4.78, 5) is 0. The van der Waals surface area contributed by atoms with Gasteiger partial charge in [0.25, 0.3) is 0 Å². The van der Waals surface area contributed by atoms with Gasteiger partial charge in [-0.05, 0) is 17.1 Å². The number of rotatable bonds is 3. The minimum absolute atomic E-state index is 0.0603. The number of hydrogen-bond donors (Lipinski definition) is 3. The highest BCUT2D eigenvalue weighted by molar-refractivity contribution is 5.37. The van der Waals surface area contributed by atoms with Gasteiger partial charge in [0.05, 0.1) is 11.4 Å². The molecule has 3 nitrogen and oxygen atoms in total. The van der Waals surface area contributed by atoms with Crippen LogP contribution < -0.4 is 17.0 Å². The lowest BCUT2D eigenvalue weighted by Gasteiger charge is -2.23. The first kappa shape index (κ1) is 11.8. The van der Waals surface area contributed by atoms with E-state index in [0.717, 1.165) is 5.57 Å². The van der Waals surface area contributed by atoms with Crippen molar-refractivity contribution in [2.75, 3.05) is 0 Å². The van der Waals surface area contributed by atoms with Crippen molar-refractivity contribution < 1.29 is 0 Å². The van der Waals surface area contributed by atoms with Crippen LogP contribution in [-0.2, 0) is 0 Å². The van der Waals surface area contributed by atoms with E-state index in [9.17, 15) is 0 Å². The molecule has 74 valence electrons. The third kappa shape index (κ3) is 2.95. The van der Waals surface area contributed by atoms with Gasteiger partial charge in [-0.25, -0.2) is 0 Å². The van der Waals surface area contributed by atoms with E-state index < -0.39 is 0 Å². The number of hydrazine groups is 1. The molecule has 13 heavy (non-hydrogen) atoms. The molecule has 0 unspecified atom stereocenters. The van der Waals surface area contributed by atoms with E-state index in [1.807, 2.05) is 20.8 Å². The van der Waals surface area contributed by atoms with Crippen molar-refractivity contribution in [3.05, 3.63) is 36.2 Å². The van der Waals surface area contributed by atoms with Gasteiger partial charge in [0.15, 0.2) is 0 Å². The van der Waals surface area contributed by atoms with Crippen LogP contribution in [0.2, 0.25) is 0 Å². The molecule has 0 atom stereocenters. The van der Waals surface area contributed by atoms with Gasteiger partial charge in [-0.3, -0.25) is 5.84 Å². The predicted octanol–water partition coefficient (Wildman–Crippen LogP) is 1.41. The highest BCUT2D eigenvalue weighted by Crippen LogP contribution is 2.28. The summed E-state index contributed by atoms with van der Waals surface area (Å²) in [7, 11) is 0. The molecule has 0 fully saturated rings. The second-order valence-electron chi connectivity index (χ2n) is 3.90. The van der Waals surface area contributed by atoms with Crippen LogP contribution in [0.5, 0.6) is 0 Å². The third-order valence-corrected chi connectivity index (χ3v) is 1.88. The molecule has 0 bridgehead atoms. The van der Waals surface area contributed by atoms with Crippen molar-refractivity contribution in [2.24, 2.45) is 17.0 Å². The molecule has 0 aliphatic heterocycles. The average molecular weight is 181 g/mol. The molecule has 0 heterocycles. The Hall–Kier alpha value is -1.22. The minimum Gasteiger partial charge on any atom is -0.397 e. The first-order valence-electron chi connectivity index (χ1n) is 4.13. The zero-order valence-corrected chi connectivity index (χ0v) is 8.65. The number of nitrogens with two attached hydrogens (primary N) is 2. The maximum Gasteiger partial charge on any atom is 0.0712 e. The fraction of sp³-hybridized carbons (Fsp3) is 0.400. The van der Waals surface area contributed by atoms with Crippen LogP contribution in [0.15, 0.2) is 36.2 Å². The normalized spacial score (nSPS) is 13.2. The molecular weight excluding hydrogens is 162 g/mol. The Morgan fingerprint density at radius 3 is 2.08 bits per heavy atom. The fourth-order valence-electron chi connectivity index (χ4n) is 0.813. The second kappa shape index (κ2) is 4.14. The van der Waals surface area contributed by atoms with E-state index in [2.05, 4.69) is 18.6 Å². The monoisotopic (exact) mass is 181 g/mol. The summed E-state index contributed by atoms with van der Waals surface area (Å²) in [5, 5.41) is 0. The summed E-state index contributed by atoms with van der Waals surface area (Å²) < 4.78 is 0. The van der Waals surface area contributed by atoms with Gasteiger partial charge in [-0.15, -0.1) is 0 Å². The first-order chi connectivity index (χ1) is 5.84. The van der Waals surface area contributed by atoms with E-state index in [-0.39, 0.29) is 5.41 Å². The van der Waals surface area contributed by atoms with Crippen LogP contribution in [0.1, 0.15) is 20.8 Å². The molecule has 0 amide bonds. The summed E-state index contributed by atoms with van der Waals surface area (Å²) in [6.07, 6.45) is 1.58. The molecule has 0 aliphatic rings. The van der Waals surface area contributed by atoms with Crippen LogP contribution in [-0.4, -0.2) is 0 Å². The number of hydrogen-bond acceptors (Lipinski definition) is 3. The summed E-state index contributed by atoms with van der Waals surface area (Å²) >= 11 is 0. The van der Waals surface area contributed by atoms with Gasteiger partial charge < -0.3 is 11.2 Å². The highest BCUT2D eigenvalue weighted by atomic mass is 15.2. The number of nitrogens with one attached hydrogen (secondary N) is 1. The predicted molar refractivity (Wildman–Crippen MR) is 57.3 cm³/mol. The third-order valence-electron chi connectivity index (χ3n) is 1.88. The smallest absolute Gasteiger partial charge is 0.0712 e. The minimum atomic E-state index is -0.0603. The van der Waals surface area contributed by atoms with Gasteiger partial charge in [0.1, 0.15) is 0 Å². The number of allylic oxidation sites excluding steroid dienone is 2. The van der Waals surface area contributed by atoms with Gasteiger partial charge in [0, 0.05) is 0 Å². The molecule has 0 aromatic carbocycles. The largest absolute Gasteiger partial charge is 0.397 e. The maximum atomic E-state index is 5.83. The first-order valence-corrected chi connectivity index (χ1v) is 4.13. The zero-order chi connectivity index (χ0) is 10.6. The lowest BCUT2D eigenvalue weighted by Crippen LogP contribution is -2.26. The Labute approximate surface area is 80.2 Å². The lowest BCUT2D eigenvalue weighted by molar-refractivity contribution is 0.509. The van der Waals surface area contributed by atoms with Crippen molar-refractivity contribution in [3.8, 4) is 0 Å². The van der Waals surface area contributed by atoms with Gasteiger partial charge >= 0.3 is 0 Å². The van der Waals surface area contributed by atoms with Crippen LogP contribution >= 0.6 is 0 Å². The Bertz CT molecular complexity index is 243. The molecule has 5 N–H and O–H groups in total. The second-order valence-corrected chi connectivity index (χ2v) is 3.90. The van der Waals surface area contributed by atoms with Crippen LogP contribution in [0.25, 0.3) is 0 Å². The standard InChI is InChI=1S/C10H19N3/c1-6-8(13-12)9(11)7(2)10(3,4)5/h6,13H,1-2,11-12H2,3-5H3/b9-8-. The van der Waals surface area contributed by atoms with Crippen molar-refractivity contribution in [1.82, 2.24) is 5.43 Å². The highest BCUT2D eigenvalue weighted by Gasteiger charge is 2.18. The summed E-state index contributed by atoms with van der Waals surface area (Å²) in [5.74, 6) is 5.27. The van der Waals surface area contributed by atoms with Gasteiger partial charge in [0.2, 0.25) is 0 Å². The average Bonchev–Trinajstić information content (AvgIpc) is 2.03. The summed E-state index contributed by atoms with van der Waals surface area (Å²) in [5.41, 5.74) is 10.3. The molecular formula is C10H19N3. The van der Waals surface area contributed by atoms with E-state index in [0.29, 0.717) is 11.4 Å². The molecule has 3 heteroatoms. The molecule has 0 aliphatic carbocycles. The molecule has 0 rings (SSSR count). The van der Waals surface area contributed by atoms with Crippen molar-refractivity contribution in [3.63, 3.8) is 0 Å². The lowest BCUT2D eigenvalue weighted by atomic mass is 9.85. The Morgan fingerprint density at radius 2 is 1.85 bits per heavy atom. The van der Waals surface area contributed by atoms with Gasteiger partial charge in [-0.1, -0.05) is 33.9 Å². The van der Waals surface area contributed by atoms with E-state index in [1.54, 1.807) is 6.08 Å². The van der Waals surface area contributed by atoms with Gasteiger partial charge in [-0.2, -0.15) is 0 Å². The van der Waals surface area contributed by atoms with Crippen molar-refractivity contribution in [1.29, 1.82) is 0 Å². The summed E-state index contributed by atoms with van der Waals surface area (Å²) in [6, 6.07) is 0. The molecule has 0 saturated carbocycles. The van der Waals surface area contributed by atoms with Crippen LogP contribution in [0.3, 0.4) is 0 Å². The fourth-order valence-corrected chi connectivity index (χ4v) is 0.813. The van der Waals surface area contributed by atoms with Crippen LogP contribution in [0, 0.1) is 5.41 Å².